The maximum Gasteiger partial charge on any atom is 0.251 e. The van der Waals surface area contributed by atoms with Gasteiger partial charge in [0.2, 0.25) is 0 Å². The Morgan fingerprint density at radius 1 is 1.21 bits per heavy atom. The topological polar surface area (TPSA) is 72.2 Å². The summed E-state index contributed by atoms with van der Waals surface area (Å²) in [6.07, 6.45) is 0. The van der Waals surface area contributed by atoms with E-state index in [0.29, 0.717) is 17.7 Å². The van der Waals surface area contributed by atoms with Gasteiger partial charge in [0.15, 0.2) is 5.78 Å². The maximum atomic E-state index is 12.2. The Morgan fingerprint density at radius 3 is 2.05 bits per heavy atom. The van der Waals surface area contributed by atoms with Gasteiger partial charge >= 0.3 is 0 Å². The highest BCUT2D eigenvalue weighted by Gasteiger charge is 2.28. The zero-order chi connectivity index (χ0) is 14.6. The second kappa shape index (κ2) is 5.97. The van der Waals surface area contributed by atoms with Crippen molar-refractivity contribution >= 4 is 11.7 Å². The van der Waals surface area contributed by atoms with Crippen LogP contribution in [0.3, 0.4) is 0 Å². The molecule has 104 valence electrons. The third-order valence-corrected chi connectivity index (χ3v) is 3.65. The number of carbonyl (C=O) groups is 2. The third-order valence-electron chi connectivity index (χ3n) is 3.65. The molecule has 0 aliphatic heterocycles. The predicted molar refractivity (Wildman–Crippen MR) is 76.2 cm³/mol. The Kier molecular flexibility index (Phi) is 4.84. The van der Waals surface area contributed by atoms with Crippen LogP contribution in [0.15, 0.2) is 24.3 Å². The van der Waals surface area contributed by atoms with E-state index in [2.05, 4.69) is 5.32 Å². The Morgan fingerprint density at radius 2 is 1.68 bits per heavy atom. The lowest BCUT2D eigenvalue weighted by molar-refractivity contribution is 0.0882. The van der Waals surface area contributed by atoms with Gasteiger partial charge < -0.3 is 11.1 Å². The van der Waals surface area contributed by atoms with E-state index in [1.807, 2.05) is 20.8 Å². The normalized spacial score (nSPS) is 14.0. The molecule has 4 heteroatoms. The molecule has 0 saturated carbocycles. The first-order valence-electron chi connectivity index (χ1n) is 6.43. The fourth-order valence-electron chi connectivity index (χ4n) is 1.62. The van der Waals surface area contributed by atoms with Gasteiger partial charge in [-0.1, -0.05) is 26.0 Å². The summed E-state index contributed by atoms with van der Waals surface area (Å²) < 4.78 is 0. The Hall–Kier alpha value is -1.68. The number of amides is 1. The molecule has 1 unspecified atom stereocenters. The average molecular weight is 262 g/mol. The van der Waals surface area contributed by atoms with E-state index in [4.69, 9.17) is 5.73 Å². The van der Waals surface area contributed by atoms with Crippen molar-refractivity contribution < 1.29 is 9.59 Å². The van der Waals surface area contributed by atoms with Crippen LogP contribution >= 0.6 is 0 Å². The van der Waals surface area contributed by atoms with Crippen LogP contribution in [-0.4, -0.2) is 23.8 Å². The fourth-order valence-corrected chi connectivity index (χ4v) is 1.62. The Bertz CT molecular complexity index is 466. The van der Waals surface area contributed by atoms with Crippen LogP contribution in [-0.2, 0) is 0 Å². The highest BCUT2D eigenvalue weighted by atomic mass is 16.1. The first kappa shape index (κ1) is 15.4. The third kappa shape index (κ3) is 3.64. The van der Waals surface area contributed by atoms with Gasteiger partial charge in [0.05, 0.1) is 5.54 Å². The minimum absolute atomic E-state index is 0.0130. The van der Waals surface area contributed by atoms with Crippen molar-refractivity contribution in [2.24, 2.45) is 11.7 Å². The summed E-state index contributed by atoms with van der Waals surface area (Å²) in [5.74, 6) is 0.0515. The number of benzene rings is 1. The van der Waals surface area contributed by atoms with Gasteiger partial charge in [0.1, 0.15) is 0 Å². The molecule has 19 heavy (non-hydrogen) atoms. The van der Waals surface area contributed by atoms with E-state index < -0.39 is 5.54 Å². The predicted octanol–water partition coefficient (Wildman–Crippen LogP) is 1.99. The molecule has 3 N–H and O–H groups in total. The number of ketones is 1. The van der Waals surface area contributed by atoms with E-state index in [0.717, 1.165) is 0 Å². The minimum Gasteiger partial charge on any atom is -0.345 e. The molecule has 0 aliphatic carbocycles. The smallest absolute Gasteiger partial charge is 0.251 e. The number of rotatable bonds is 5. The molecule has 1 aromatic carbocycles. The Labute approximate surface area is 114 Å². The molecule has 0 spiro atoms. The first-order valence-corrected chi connectivity index (χ1v) is 6.43. The van der Waals surface area contributed by atoms with Crippen molar-refractivity contribution in [1.82, 2.24) is 5.32 Å². The molecule has 1 atom stereocenters. The zero-order valence-electron chi connectivity index (χ0n) is 12.0. The summed E-state index contributed by atoms with van der Waals surface area (Å²) >= 11 is 0. The van der Waals surface area contributed by atoms with E-state index in [1.54, 1.807) is 24.3 Å². The largest absolute Gasteiger partial charge is 0.345 e. The molecule has 1 amide bonds. The molecule has 0 aromatic heterocycles. The monoisotopic (exact) mass is 262 g/mol. The zero-order valence-corrected chi connectivity index (χ0v) is 12.0. The van der Waals surface area contributed by atoms with Gasteiger partial charge in [-0.15, -0.1) is 0 Å². The van der Waals surface area contributed by atoms with Gasteiger partial charge in [-0.3, -0.25) is 9.59 Å². The van der Waals surface area contributed by atoms with Crippen LogP contribution in [0.5, 0.6) is 0 Å². The number of nitrogens with two attached hydrogens (primary N) is 1. The molecule has 0 aliphatic rings. The summed E-state index contributed by atoms with van der Waals surface area (Å²) in [6, 6.07) is 6.63. The van der Waals surface area contributed by atoms with Crippen LogP contribution in [0.25, 0.3) is 0 Å². The lowest BCUT2D eigenvalue weighted by Gasteiger charge is -2.33. The van der Waals surface area contributed by atoms with Crippen LogP contribution in [0.1, 0.15) is 48.4 Å². The lowest BCUT2D eigenvalue weighted by Crippen LogP contribution is -2.55. The number of carbonyl (C=O) groups excluding carboxylic acids is 2. The van der Waals surface area contributed by atoms with Gasteiger partial charge in [-0.2, -0.15) is 0 Å². The van der Waals surface area contributed by atoms with Gasteiger partial charge in [0, 0.05) is 17.7 Å². The molecule has 0 saturated heterocycles. The number of Topliss-reactive ketones (excluding diaryl/α,β-unsaturated/α-hetero) is 1. The van der Waals surface area contributed by atoms with Crippen LogP contribution < -0.4 is 11.1 Å². The fraction of sp³-hybridized carbons (Fsp3) is 0.467. The molecule has 0 fully saturated rings. The van der Waals surface area contributed by atoms with Crippen LogP contribution in [0, 0.1) is 5.92 Å². The molecule has 0 radical (unpaired) electrons. The second-order valence-electron chi connectivity index (χ2n) is 5.36. The Balaban J connectivity index is 2.86. The second-order valence-corrected chi connectivity index (χ2v) is 5.36. The minimum atomic E-state index is -0.434. The standard InChI is InChI=1S/C15H22N2O2/c1-10(2)15(4,9-16)17-14(19)13-7-5-12(6-8-13)11(3)18/h5-8,10H,9,16H2,1-4H3,(H,17,19). The molecule has 4 nitrogen and oxygen atoms in total. The number of hydrogen-bond donors (Lipinski definition) is 2. The van der Waals surface area contributed by atoms with Crippen molar-refractivity contribution in [3.8, 4) is 0 Å². The van der Waals surface area contributed by atoms with Crippen molar-refractivity contribution in [2.75, 3.05) is 6.54 Å². The quantitative estimate of drug-likeness (QED) is 0.797. The number of hydrogen-bond acceptors (Lipinski definition) is 3. The van der Waals surface area contributed by atoms with E-state index >= 15 is 0 Å². The first-order chi connectivity index (χ1) is 8.80. The molecular weight excluding hydrogens is 240 g/mol. The lowest BCUT2D eigenvalue weighted by atomic mass is 9.88. The van der Waals surface area contributed by atoms with E-state index in [9.17, 15) is 9.59 Å². The van der Waals surface area contributed by atoms with Crippen molar-refractivity contribution in [3.63, 3.8) is 0 Å². The number of nitrogens with one attached hydrogen (secondary N) is 1. The molecule has 0 bridgehead atoms. The molecule has 0 heterocycles. The molecule has 1 rings (SSSR count). The van der Waals surface area contributed by atoms with Crippen molar-refractivity contribution in [2.45, 2.75) is 33.2 Å². The summed E-state index contributed by atoms with van der Waals surface area (Å²) in [5, 5.41) is 2.96. The molecule has 1 aromatic rings. The van der Waals surface area contributed by atoms with E-state index in [-0.39, 0.29) is 17.6 Å². The summed E-state index contributed by atoms with van der Waals surface area (Å²) in [6.45, 7) is 7.85. The molecular formula is C15H22N2O2. The van der Waals surface area contributed by atoms with E-state index in [1.165, 1.54) is 6.92 Å². The van der Waals surface area contributed by atoms with Crippen molar-refractivity contribution in [1.29, 1.82) is 0 Å². The summed E-state index contributed by atoms with van der Waals surface area (Å²) in [5.41, 5.74) is 6.44. The van der Waals surface area contributed by atoms with Crippen molar-refractivity contribution in [3.05, 3.63) is 35.4 Å². The summed E-state index contributed by atoms with van der Waals surface area (Å²) in [4.78, 5) is 23.3. The van der Waals surface area contributed by atoms with Gasteiger partial charge in [0.25, 0.3) is 5.91 Å². The van der Waals surface area contributed by atoms with Gasteiger partial charge in [-0.05, 0) is 31.9 Å². The highest BCUT2D eigenvalue weighted by molar-refractivity contribution is 5.98. The average Bonchev–Trinajstić information content (AvgIpc) is 2.38. The van der Waals surface area contributed by atoms with Crippen LogP contribution in [0.2, 0.25) is 0 Å². The highest BCUT2D eigenvalue weighted by Crippen LogP contribution is 2.16. The summed E-state index contributed by atoms with van der Waals surface area (Å²) in [7, 11) is 0. The van der Waals surface area contributed by atoms with Gasteiger partial charge in [-0.25, -0.2) is 0 Å². The van der Waals surface area contributed by atoms with Crippen LogP contribution in [0.4, 0.5) is 0 Å². The maximum absolute atomic E-state index is 12.2. The SMILES string of the molecule is CC(=O)c1ccc(C(=O)NC(C)(CN)C(C)C)cc1.